The molecule has 192 valence electrons. The van der Waals surface area contributed by atoms with Gasteiger partial charge in [-0.2, -0.15) is 0 Å². The summed E-state index contributed by atoms with van der Waals surface area (Å²) in [5, 5.41) is 19.1. The summed E-state index contributed by atoms with van der Waals surface area (Å²) in [6.45, 7) is 5.95. The number of hydrogen-bond donors (Lipinski definition) is 2. The summed E-state index contributed by atoms with van der Waals surface area (Å²) in [4.78, 5) is 18.0. The van der Waals surface area contributed by atoms with Gasteiger partial charge in [-0.25, -0.2) is 0 Å². The molecule has 0 aliphatic carbocycles. The lowest BCUT2D eigenvalue weighted by molar-refractivity contribution is 0.104. The SMILES string of the molecule is CCO.COc1cc(C=CC(=O)c2cnc3c(C)cc(C)cc3c2-c2ccccc2Cl)cc(OC)c1O. The molecule has 6 nitrogen and oxygen atoms in total. The third-order valence-electron chi connectivity index (χ3n) is 5.64. The van der Waals surface area contributed by atoms with Crippen molar-refractivity contribution in [1.82, 2.24) is 4.98 Å². The number of nitrogens with zero attached hydrogens (tertiary/aromatic N) is 1. The number of aromatic nitrogens is 1. The molecule has 7 heteroatoms. The van der Waals surface area contributed by atoms with Gasteiger partial charge in [-0.1, -0.05) is 47.5 Å². The van der Waals surface area contributed by atoms with Crippen LogP contribution in [0.3, 0.4) is 0 Å². The highest BCUT2D eigenvalue weighted by atomic mass is 35.5. The van der Waals surface area contributed by atoms with Crippen molar-refractivity contribution in [3.05, 3.63) is 88.1 Å². The van der Waals surface area contributed by atoms with Crippen LogP contribution < -0.4 is 9.47 Å². The Labute approximate surface area is 221 Å². The molecule has 0 spiro atoms. The van der Waals surface area contributed by atoms with Crippen molar-refractivity contribution in [2.24, 2.45) is 0 Å². The molecule has 0 aliphatic heterocycles. The van der Waals surface area contributed by atoms with Crippen molar-refractivity contribution in [1.29, 1.82) is 0 Å². The number of phenols is 1. The Morgan fingerprint density at radius 2 is 1.68 bits per heavy atom. The van der Waals surface area contributed by atoms with E-state index in [4.69, 9.17) is 26.2 Å². The highest BCUT2D eigenvalue weighted by molar-refractivity contribution is 6.34. The van der Waals surface area contributed by atoms with Gasteiger partial charge in [0.1, 0.15) is 0 Å². The fourth-order valence-electron chi connectivity index (χ4n) is 4.07. The van der Waals surface area contributed by atoms with Crippen LogP contribution in [0.1, 0.15) is 34.0 Å². The zero-order valence-corrected chi connectivity index (χ0v) is 22.3. The number of aliphatic hydroxyl groups is 1. The summed E-state index contributed by atoms with van der Waals surface area (Å²) in [6.07, 6.45) is 4.72. The Balaban J connectivity index is 0.00000121. The van der Waals surface area contributed by atoms with Crippen LogP contribution in [0.25, 0.3) is 28.1 Å². The molecule has 2 N–H and O–H groups in total. The number of hydrogen-bond acceptors (Lipinski definition) is 6. The molecule has 4 aromatic rings. The number of aliphatic hydroxyl groups excluding tert-OH is 1. The van der Waals surface area contributed by atoms with Gasteiger partial charge in [0.25, 0.3) is 0 Å². The van der Waals surface area contributed by atoms with Crippen LogP contribution in [-0.4, -0.2) is 41.8 Å². The largest absolute Gasteiger partial charge is 0.502 e. The molecule has 37 heavy (non-hydrogen) atoms. The topological polar surface area (TPSA) is 88.9 Å². The minimum absolute atomic E-state index is 0.0982. The van der Waals surface area contributed by atoms with E-state index < -0.39 is 0 Å². The second-order valence-corrected chi connectivity index (χ2v) is 8.70. The molecule has 0 unspecified atom stereocenters. The number of carbonyl (C=O) groups is 1. The lowest BCUT2D eigenvalue weighted by Crippen LogP contribution is -2.02. The van der Waals surface area contributed by atoms with Crippen LogP contribution in [0.15, 0.2) is 60.8 Å². The average Bonchev–Trinajstić information content (AvgIpc) is 2.88. The molecule has 0 bridgehead atoms. The van der Waals surface area contributed by atoms with Gasteiger partial charge < -0.3 is 19.7 Å². The first-order chi connectivity index (χ1) is 17.7. The number of aromatic hydroxyl groups is 1. The van der Waals surface area contributed by atoms with E-state index >= 15 is 0 Å². The Kier molecular flexibility index (Phi) is 9.28. The number of fused-ring (bicyclic) bond motifs is 1. The Hall–Kier alpha value is -3.87. The van der Waals surface area contributed by atoms with Gasteiger partial charge in [-0.3, -0.25) is 9.78 Å². The summed E-state index contributed by atoms with van der Waals surface area (Å²) in [7, 11) is 2.90. The number of phenolic OH excluding ortho intramolecular Hbond substituents is 1. The molecular weight excluding hydrogens is 490 g/mol. The number of halogens is 1. The third kappa shape index (κ3) is 6.10. The summed E-state index contributed by atoms with van der Waals surface area (Å²) < 4.78 is 10.4. The Morgan fingerprint density at radius 1 is 1.05 bits per heavy atom. The summed E-state index contributed by atoms with van der Waals surface area (Å²) >= 11 is 6.57. The molecule has 0 amide bonds. The van der Waals surface area contributed by atoms with E-state index in [1.807, 2.05) is 44.2 Å². The number of rotatable bonds is 6. The molecule has 3 aromatic carbocycles. The zero-order valence-electron chi connectivity index (χ0n) is 21.5. The van der Waals surface area contributed by atoms with Crippen LogP contribution in [0, 0.1) is 13.8 Å². The number of ether oxygens (including phenoxy) is 2. The van der Waals surface area contributed by atoms with E-state index in [0.717, 1.165) is 33.2 Å². The van der Waals surface area contributed by atoms with Crippen molar-refractivity contribution < 1.29 is 24.5 Å². The molecule has 1 heterocycles. The number of carbonyl (C=O) groups excluding carboxylic acids is 1. The fraction of sp³-hybridized carbons (Fsp3) is 0.200. The lowest BCUT2D eigenvalue weighted by atomic mass is 9.92. The normalized spacial score (nSPS) is 10.8. The molecular formula is C30H30ClNO5. The maximum Gasteiger partial charge on any atom is 0.200 e. The van der Waals surface area contributed by atoms with Gasteiger partial charge in [-0.15, -0.1) is 0 Å². The summed E-state index contributed by atoms with van der Waals surface area (Å²) in [5.74, 6) is 0.177. The zero-order chi connectivity index (χ0) is 27.1. The standard InChI is InChI=1S/C28H24ClNO4.C2H6O/c1-16-11-17(2)27-20(12-16)26(19-7-5-6-8-22(19)29)21(15-30-27)23(31)10-9-18-13-24(33-3)28(32)25(14-18)34-4;1-2-3/h5-15,32H,1-4H3;3H,2H2,1H3. The van der Waals surface area contributed by atoms with Crippen molar-refractivity contribution in [3.8, 4) is 28.4 Å². The number of aryl methyl sites for hydroxylation is 2. The van der Waals surface area contributed by atoms with Gasteiger partial charge in [0, 0.05) is 39.9 Å². The Morgan fingerprint density at radius 3 is 2.27 bits per heavy atom. The second-order valence-electron chi connectivity index (χ2n) is 8.29. The van der Waals surface area contributed by atoms with E-state index in [0.29, 0.717) is 16.1 Å². The first kappa shape index (κ1) is 27.7. The predicted molar refractivity (Wildman–Crippen MR) is 149 cm³/mol. The van der Waals surface area contributed by atoms with E-state index in [9.17, 15) is 9.90 Å². The smallest absolute Gasteiger partial charge is 0.200 e. The summed E-state index contributed by atoms with van der Waals surface area (Å²) in [5.41, 5.74) is 5.53. The predicted octanol–water partition coefficient (Wildman–Crippen LogP) is 6.79. The lowest BCUT2D eigenvalue weighted by Gasteiger charge is -2.14. The maximum absolute atomic E-state index is 13.4. The first-order valence-corrected chi connectivity index (χ1v) is 12.1. The molecule has 0 aliphatic rings. The fourth-order valence-corrected chi connectivity index (χ4v) is 4.30. The highest BCUT2D eigenvalue weighted by Crippen LogP contribution is 2.39. The maximum atomic E-state index is 13.4. The second kappa shape index (κ2) is 12.4. The monoisotopic (exact) mass is 519 g/mol. The first-order valence-electron chi connectivity index (χ1n) is 11.7. The average molecular weight is 520 g/mol. The molecule has 4 rings (SSSR count). The van der Waals surface area contributed by atoms with Crippen LogP contribution in [0.5, 0.6) is 17.2 Å². The number of methoxy groups -OCH3 is 2. The molecule has 0 fully saturated rings. The number of benzene rings is 3. The third-order valence-corrected chi connectivity index (χ3v) is 5.97. The quantitative estimate of drug-likeness (QED) is 0.215. The van der Waals surface area contributed by atoms with Crippen LogP contribution in [-0.2, 0) is 0 Å². The van der Waals surface area contributed by atoms with Crippen molar-refractivity contribution in [3.63, 3.8) is 0 Å². The molecule has 0 radical (unpaired) electrons. The van der Waals surface area contributed by atoms with Crippen LogP contribution >= 0.6 is 11.6 Å². The van der Waals surface area contributed by atoms with E-state index in [2.05, 4.69) is 11.1 Å². The van der Waals surface area contributed by atoms with Gasteiger partial charge in [0.15, 0.2) is 17.3 Å². The van der Waals surface area contributed by atoms with Gasteiger partial charge in [-0.05, 0) is 62.2 Å². The van der Waals surface area contributed by atoms with E-state index in [1.165, 1.54) is 20.3 Å². The molecule has 0 saturated carbocycles. The highest BCUT2D eigenvalue weighted by Gasteiger charge is 2.19. The molecule has 1 aromatic heterocycles. The minimum Gasteiger partial charge on any atom is -0.502 e. The van der Waals surface area contributed by atoms with Crippen molar-refractivity contribution >= 4 is 34.4 Å². The van der Waals surface area contributed by atoms with Gasteiger partial charge >= 0.3 is 0 Å². The molecule has 0 atom stereocenters. The van der Waals surface area contributed by atoms with Gasteiger partial charge in [0.05, 0.1) is 19.7 Å². The number of allylic oxidation sites excluding steroid dienone is 1. The Bertz CT molecular complexity index is 1440. The number of pyridine rings is 1. The summed E-state index contributed by atoms with van der Waals surface area (Å²) in [6, 6.07) is 14.8. The van der Waals surface area contributed by atoms with E-state index in [-0.39, 0.29) is 29.6 Å². The van der Waals surface area contributed by atoms with Crippen LogP contribution in [0.2, 0.25) is 5.02 Å². The van der Waals surface area contributed by atoms with Crippen LogP contribution in [0.4, 0.5) is 0 Å². The minimum atomic E-state index is -0.227. The molecule has 0 saturated heterocycles. The van der Waals surface area contributed by atoms with E-state index in [1.54, 1.807) is 31.3 Å². The van der Waals surface area contributed by atoms with Crippen molar-refractivity contribution in [2.45, 2.75) is 20.8 Å². The van der Waals surface area contributed by atoms with Gasteiger partial charge in [0.2, 0.25) is 5.75 Å². The number of ketones is 1. The van der Waals surface area contributed by atoms with Crippen molar-refractivity contribution in [2.75, 3.05) is 20.8 Å².